The fraction of sp³-hybridized carbons (Fsp3) is 0.111. The van der Waals surface area contributed by atoms with E-state index in [0.29, 0.717) is 5.69 Å². The second-order valence-corrected chi connectivity index (χ2v) is 5.61. The smallest absolute Gasteiger partial charge is 0.275 e. The number of pyridine rings is 2. The summed E-state index contributed by atoms with van der Waals surface area (Å²) < 4.78 is 13.4. The molecule has 0 saturated carbocycles. The van der Waals surface area contributed by atoms with Crippen LogP contribution in [0, 0.1) is 17.3 Å². The van der Waals surface area contributed by atoms with Crippen molar-refractivity contribution in [1.82, 2.24) is 9.97 Å². The largest absolute Gasteiger partial charge is 0.331 e. The number of halogens is 1. The Morgan fingerprint density at radius 1 is 1.16 bits per heavy atom. The minimum atomic E-state index is -0.717. The SMILES string of the molecule is N#C[C@H]1CN(c2cccc(F)n2)C(=O)N1c1cncc2ccccc12. The van der Waals surface area contributed by atoms with E-state index in [1.807, 2.05) is 24.3 Å². The van der Waals surface area contributed by atoms with Gasteiger partial charge in [-0.15, -0.1) is 0 Å². The van der Waals surface area contributed by atoms with Gasteiger partial charge in [-0.05, 0) is 12.1 Å². The molecular weight excluding hydrogens is 321 g/mol. The van der Waals surface area contributed by atoms with Gasteiger partial charge in [0.05, 0.1) is 24.5 Å². The molecule has 1 saturated heterocycles. The Morgan fingerprint density at radius 3 is 2.80 bits per heavy atom. The first-order valence-corrected chi connectivity index (χ1v) is 7.64. The minimum absolute atomic E-state index is 0.106. The van der Waals surface area contributed by atoms with E-state index < -0.39 is 18.0 Å². The van der Waals surface area contributed by atoms with Crippen molar-refractivity contribution in [3.05, 3.63) is 60.8 Å². The molecule has 0 unspecified atom stereocenters. The molecule has 25 heavy (non-hydrogen) atoms. The van der Waals surface area contributed by atoms with Gasteiger partial charge in [0, 0.05) is 17.0 Å². The molecule has 6 nitrogen and oxygen atoms in total. The summed E-state index contributed by atoms with van der Waals surface area (Å²) in [6, 6.07) is 12.7. The van der Waals surface area contributed by atoms with Gasteiger partial charge in [-0.2, -0.15) is 9.65 Å². The zero-order valence-electron chi connectivity index (χ0n) is 13.0. The highest BCUT2D eigenvalue weighted by Gasteiger charge is 2.40. The fourth-order valence-corrected chi connectivity index (χ4v) is 3.00. The molecule has 0 aliphatic carbocycles. The van der Waals surface area contributed by atoms with E-state index in [-0.39, 0.29) is 12.4 Å². The van der Waals surface area contributed by atoms with Gasteiger partial charge < -0.3 is 0 Å². The molecule has 3 heterocycles. The van der Waals surface area contributed by atoms with Crippen LogP contribution in [-0.4, -0.2) is 28.6 Å². The lowest BCUT2D eigenvalue weighted by Crippen LogP contribution is -2.35. The van der Waals surface area contributed by atoms with Crippen LogP contribution in [0.2, 0.25) is 0 Å². The van der Waals surface area contributed by atoms with Crippen molar-refractivity contribution in [2.24, 2.45) is 0 Å². The molecule has 0 spiro atoms. The maximum absolute atomic E-state index is 13.4. The van der Waals surface area contributed by atoms with Crippen LogP contribution in [0.15, 0.2) is 54.9 Å². The Hall–Kier alpha value is -3.53. The number of hydrogen-bond acceptors (Lipinski definition) is 4. The van der Waals surface area contributed by atoms with Crippen LogP contribution in [0.3, 0.4) is 0 Å². The molecule has 3 aromatic rings. The summed E-state index contributed by atoms with van der Waals surface area (Å²) in [5.41, 5.74) is 0.550. The van der Waals surface area contributed by atoms with Gasteiger partial charge in [0.2, 0.25) is 5.95 Å². The number of nitrogens with zero attached hydrogens (tertiary/aromatic N) is 5. The Kier molecular flexibility index (Phi) is 3.51. The third kappa shape index (κ3) is 2.44. The zero-order chi connectivity index (χ0) is 17.4. The number of rotatable bonds is 2. The van der Waals surface area contributed by atoms with Gasteiger partial charge in [-0.25, -0.2) is 9.78 Å². The summed E-state index contributed by atoms with van der Waals surface area (Å²) in [7, 11) is 0. The monoisotopic (exact) mass is 333 g/mol. The van der Waals surface area contributed by atoms with Crippen molar-refractivity contribution >= 4 is 28.3 Å². The maximum Gasteiger partial charge on any atom is 0.331 e. The zero-order valence-corrected chi connectivity index (χ0v) is 13.0. The second kappa shape index (κ2) is 5.83. The maximum atomic E-state index is 13.4. The van der Waals surface area contributed by atoms with E-state index in [9.17, 15) is 14.4 Å². The Bertz CT molecular complexity index is 1010. The van der Waals surface area contributed by atoms with Crippen LogP contribution in [-0.2, 0) is 0 Å². The summed E-state index contributed by atoms with van der Waals surface area (Å²) in [5.74, 6) is -0.495. The van der Waals surface area contributed by atoms with Gasteiger partial charge in [0.15, 0.2) is 0 Å². The molecule has 2 aromatic heterocycles. The van der Waals surface area contributed by atoms with E-state index in [4.69, 9.17) is 0 Å². The standard InChI is InChI=1S/C18H12FN5O/c19-16-6-3-7-17(22-16)23-11-13(8-20)24(18(23)25)15-10-21-9-12-4-1-2-5-14(12)15/h1-7,9-10,13H,11H2/t13-/m0/s1. The molecular formula is C18H12FN5O. The van der Waals surface area contributed by atoms with Gasteiger partial charge in [0.25, 0.3) is 0 Å². The molecule has 1 fully saturated rings. The molecule has 0 N–H and O–H groups in total. The molecule has 1 atom stereocenters. The first kappa shape index (κ1) is 15.0. The molecule has 7 heteroatoms. The molecule has 122 valence electrons. The van der Waals surface area contributed by atoms with Crippen molar-refractivity contribution in [3.63, 3.8) is 0 Å². The van der Waals surface area contributed by atoms with Crippen molar-refractivity contribution in [2.75, 3.05) is 16.3 Å². The Morgan fingerprint density at radius 2 is 2.00 bits per heavy atom. The number of hydrogen-bond donors (Lipinski definition) is 0. The fourth-order valence-electron chi connectivity index (χ4n) is 3.00. The number of carbonyl (C=O) groups excluding carboxylic acids is 1. The van der Waals surface area contributed by atoms with Crippen molar-refractivity contribution in [1.29, 1.82) is 5.26 Å². The van der Waals surface area contributed by atoms with Gasteiger partial charge >= 0.3 is 6.03 Å². The number of anilines is 2. The first-order chi connectivity index (χ1) is 12.2. The molecule has 0 radical (unpaired) electrons. The van der Waals surface area contributed by atoms with E-state index in [1.165, 1.54) is 21.9 Å². The average molecular weight is 333 g/mol. The van der Waals surface area contributed by atoms with Crippen LogP contribution in [0.5, 0.6) is 0 Å². The van der Waals surface area contributed by atoms with E-state index in [0.717, 1.165) is 10.8 Å². The molecule has 1 aliphatic rings. The van der Waals surface area contributed by atoms with E-state index in [1.54, 1.807) is 18.5 Å². The van der Waals surface area contributed by atoms with Crippen LogP contribution < -0.4 is 9.80 Å². The molecule has 2 amide bonds. The number of carbonyl (C=O) groups is 1. The second-order valence-electron chi connectivity index (χ2n) is 5.61. The topological polar surface area (TPSA) is 73.1 Å². The Labute approximate surface area is 142 Å². The molecule has 0 bridgehead atoms. The lowest BCUT2D eigenvalue weighted by molar-refractivity contribution is 0.255. The van der Waals surface area contributed by atoms with Crippen LogP contribution >= 0.6 is 0 Å². The first-order valence-electron chi connectivity index (χ1n) is 7.64. The molecule has 4 rings (SSSR count). The van der Waals surface area contributed by atoms with Crippen molar-refractivity contribution in [3.8, 4) is 6.07 Å². The highest BCUT2D eigenvalue weighted by molar-refractivity contribution is 6.11. The number of amides is 2. The third-order valence-electron chi connectivity index (χ3n) is 4.14. The van der Waals surface area contributed by atoms with Crippen LogP contribution in [0.25, 0.3) is 10.8 Å². The van der Waals surface area contributed by atoms with Crippen LogP contribution in [0.1, 0.15) is 0 Å². The lowest BCUT2D eigenvalue weighted by Gasteiger charge is -2.20. The summed E-state index contributed by atoms with van der Waals surface area (Å²) in [6.07, 6.45) is 3.26. The van der Waals surface area contributed by atoms with E-state index >= 15 is 0 Å². The average Bonchev–Trinajstić information content (AvgIpc) is 2.97. The normalized spacial score (nSPS) is 17.1. The Balaban J connectivity index is 1.81. The summed E-state index contributed by atoms with van der Waals surface area (Å²) in [4.78, 5) is 23.6. The highest BCUT2D eigenvalue weighted by Crippen LogP contribution is 2.32. The number of nitriles is 1. The van der Waals surface area contributed by atoms with Crippen molar-refractivity contribution in [2.45, 2.75) is 6.04 Å². The predicted octanol–water partition coefficient (Wildman–Crippen LogP) is 3.11. The van der Waals surface area contributed by atoms with Crippen LogP contribution in [0.4, 0.5) is 20.7 Å². The number of aromatic nitrogens is 2. The van der Waals surface area contributed by atoms with Crippen molar-refractivity contribution < 1.29 is 9.18 Å². The van der Waals surface area contributed by atoms with E-state index in [2.05, 4.69) is 16.0 Å². The van der Waals surface area contributed by atoms with Gasteiger partial charge in [-0.1, -0.05) is 30.3 Å². The summed E-state index contributed by atoms with van der Waals surface area (Å²) in [6.45, 7) is 0.106. The molecule has 1 aliphatic heterocycles. The predicted molar refractivity (Wildman–Crippen MR) is 90.6 cm³/mol. The number of fused-ring (bicyclic) bond motifs is 1. The molecule has 1 aromatic carbocycles. The number of benzene rings is 1. The quantitative estimate of drug-likeness (QED) is 0.676. The summed E-state index contributed by atoms with van der Waals surface area (Å²) in [5, 5.41) is 11.2. The third-order valence-corrected chi connectivity index (χ3v) is 4.14. The van der Waals surface area contributed by atoms with Gasteiger partial charge in [0.1, 0.15) is 11.9 Å². The summed E-state index contributed by atoms with van der Waals surface area (Å²) >= 11 is 0. The minimum Gasteiger partial charge on any atom is -0.275 e. The number of urea groups is 1. The van der Waals surface area contributed by atoms with Gasteiger partial charge in [-0.3, -0.25) is 14.8 Å². The lowest BCUT2D eigenvalue weighted by atomic mass is 10.1. The highest BCUT2D eigenvalue weighted by atomic mass is 19.1.